The number of benzene rings is 2. The molecule has 5 nitrogen and oxygen atoms in total. The third-order valence-corrected chi connectivity index (χ3v) is 3.17. The summed E-state index contributed by atoms with van der Waals surface area (Å²) in [6.07, 6.45) is 0. The first kappa shape index (κ1) is 14.6. The van der Waals surface area contributed by atoms with Crippen LogP contribution in [0, 0.1) is 22.9 Å². The molecule has 0 N–H and O–H groups in total. The lowest BCUT2D eigenvalue weighted by molar-refractivity contribution is -0.387. The van der Waals surface area contributed by atoms with Crippen LogP contribution in [0.2, 0.25) is 0 Å². The molecule has 0 bridgehead atoms. The Morgan fingerprint density at radius 1 is 1.24 bits per heavy atom. The van der Waals surface area contributed by atoms with Crippen LogP contribution in [0.15, 0.2) is 42.5 Å². The molecule has 0 heterocycles. The van der Waals surface area contributed by atoms with Gasteiger partial charge in [-0.2, -0.15) is 4.39 Å². The van der Waals surface area contributed by atoms with Crippen LogP contribution in [0.1, 0.15) is 15.9 Å². The van der Waals surface area contributed by atoms with Crippen molar-refractivity contribution in [2.45, 2.75) is 6.92 Å². The second-order valence-electron chi connectivity index (χ2n) is 4.57. The number of rotatable bonds is 3. The molecule has 0 radical (unpaired) electrons. The monoisotopic (exact) mass is 288 g/mol. The van der Waals surface area contributed by atoms with Gasteiger partial charge in [-0.05, 0) is 30.7 Å². The van der Waals surface area contributed by atoms with Crippen molar-refractivity contribution >= 4 is 17.3 Å². The molecule has 2 aromatic rings. The molecule has 1 amide bonds. The van der Waals surface area contributed by atoms with Crippen molar-refractivity contribution < 1.29 is 14.1 Å². The molecule has 2 rings (SSSR count). The van der Waals surface area contributed by atoms with Crippen molar-refractivity contribution in [2.75, 3.05) is 11.9 Å². The van der Waals surface area contributed by atoms with Crippen molar-refractivity contribution in [3.05, 3.63) is 69.5 Å². The number of anilines is 1. The number of halogens is 1. The lowest BCUT2D eigenvalue weighted by atomic mass is 10.1. The minimum absolute atomic E-state index is 0.0638. The van der Waals surface area contributed by atoms with E-state index in [-0.39, 0.29) is 5.56 Å². The van der Waals surface area contributed by atoms with E-state index in [1.165, 1.54) is 11.0 Å². The van der Waals surface area contributed by atoms with Gasteiger partial charge in [-0.25, -0.2) is 0 Å². The second kappa shape index (κ2) is 5.70. The van der Waals surface area contributed by atoms with Crippen LogP contribution in [0.3, 0.4) is 0 Å². The van der Waals surface area contributed by atoms with Crippen LogP contribution in [0.25, 0.3) is 0 Å². The highest BCUT2D eigenvalue weighted by molar-refractivity contribution is 6.06. The van der Waals surface area contributed by atoms with E-state index in [2.05, 4.69) is 0 Å². The molecular weight excluding hydrogens is 275 g/mol. The summed E-state index contributed by atoms with van der Waals surface area (Å²) < 4.78 is 13.3. The highest BCUT2D eigenvalue weighted by Crippen LogP contribution is 2.23. The third-order valence-electron chi connectivity index (χ3n) is 3.17. The summed E-state index contributed by atoms with van der Waals surface area (Å²) in [6, 6.07) is 10.4. The van der Waals surface area contributed by atoms with Gasteiger partial charge in [0.2, 0.25) is 5.82 Å². The summed E-state index contributed by atoms with van der Waals surface area (Å²) in [5.74, 6) is -1.40. The van der Waals surface area contributed by atoms with Crippen LogP contribution in [0.4, 0.5) is 15.8 Å². The molecule has 0 aliphatic rings. The van der Waals surface area contributed by atoms with Gasteiger partial charge < -0.3 is 4.90 Å². The topological polar surface area (TPSA) is 63.5 Å². The molecule has 21 heavy (non-hydrogen) atoms. The van der Waals surface area contributed by atoms with Crippen molar-refractivity contribution in [1.29, 1.82) is 0 Å². The maximum absolute atomic E-state index is 13.3. The highest BCUT2D eigenvalue weighted by atomic mass is 19.1. The number of carbonyl (C=O) groups is 1. The van der Waals surface area contributed by atoms with Crippen LogP contribution >= 0.6 is 0 Å². The third kappa shape index (κ3) is 2.89. The van der Waals surface area contributed by atoms with Gasteiger partial charge in [-0.15, -0.1) is 0 Å². The number of hydrogen-bond donors (Lipinski definition) is 0. The minimum atomic E-state index is -0.963. The summed E-state index contributed by atoms with van der Waals surface area (Å²) in [6.45, 7) is 1.85. The molecule has 0 aliphatic heterocycles. The number of aryl methyl sites for hydroxylation is 1. The molecular formula is C15H13FN2O3. The van der Waals surface area contributed by atoms with Gasteiger partial charge in [-0.3, -0.25) is 14.9 Å². The fraction of sp³-hybridized carbons (Fsp3) is 0.133. The summed E-state index contributed by atoms with van der Waals surface area (Å²) in [4.78, 5) is 23.6. The average Bonchev–Trinajstić information content (AvgIpc) is 2.46. The van der Waals surface area contributed by atoms with Crippen molar-refractivity contribution in [3.63, 3.8) is 0 Å². The Morgan fingerprint density at radius 3 is 2.52 bits per heavy atom. The zero-order valence-electron chi connectivity index (χ0n) is 11.5. The van der Waals surface area contributed by atoms with E-state index in [4.69, 9.17) is 0 Å². The van der Waals surface area contributed by atoms with Crippen LogP contribution in [-0.4, -0.2) is 17.9 Å². The van der Waals surface area contributed by atoms with E-state index in [1.54, 1.807) is 19.2 Å². The molecule has 0 fully saturated rings. The van der Waals surface area contributed by atoms with Gasteiger partial charge in [-0.1, -0.05) is 18.2 Å². The maximum atomic E-state index is 13.3. The quantitative estimate of drug-likeness (QED) is 0.643. The van der Waals surface area contributed by atoms with E-state index < -0.39 is 22.3 Å². The Balaban J connectivity index is 2.39. The molecule has 0 atom stereocenters. The number of hydrogen-bond acceptors (Lipinski definition) is 3. The van der Waals surface area contributed by atoms with E-state index in [0.717, 1.165) is 17.7 Å². The fourth-order valence-electron chi connectivity index (χ4n) is 2.03. The molecule has 108 valence electrons. The van der Waals surface area contributed by atoms with E-state index in [1.807, 2.05) is 19.1 Å². The standard InChI is InChI=1S/C15H13FN2O3/c1-10-5-3-4-6-13(10)17(2)15(19)11-7-8-12(16)14(9-11)18(20)21/h3-9H,1-2H3. The minimum Gasteiger partial charge on any atom is -0.311 e. The number of nitro groups is 1. The summed E-state index contributed by atoms with van der Waals surface area (Å²) >= 11 is 0. The van der Waals surface area contributed by atoms with Crippen molar-refractivity contribution in [2.24, 2.45) is 0 Å². The van der Waals surface area contributed by atoms with Crippen molar-refractivity contribution in [3.8, 4) is 0 Å². The van der Waals surface area contributed by atoms with Gasteiger partial charge in [0.15, 0.2) is 0 Å². The Hall–Kier alpha value is -2.76. The Bertz CT molecular complexity index is 716. The van der Waals surface area contributed by atoms with Gasteiger partial charge in [0.25, 0.3) is 5.91 Å². The Kier molecular flexibility index (Phi) is 3.98. The normalized spacial score (nSPS) is 10.2. The first-order chi connectivity index (χ1) is 9.91. The molecule has 0 aliphatic carbocycles. The predicted molar refractivity (Wildman–Crippen MR) is 77.0 cm³/mol. The Labute approximate surface area is 120 Å². The average molecular weight is 288 g/mol. The van der Waals surface area contributed by atoms with Crippen LogP contribution in [0.5, 0.6) is 0 Å². The molecule has 0 saturated carbocycles. The van der Waals surface area contributed by atoms with Gasteiger partial charge in [0, 0.05) is 24.4 Å². The number of carbonyl (C=O) groups excluding carboxylic acids is 1. The van der Waals surface area contributed by atoms with E-state index in [9.17, 15) is 19.3 Å². The van der Waals surface area contributed by atoms with Gasteiger partial charge in [0.1, 0.15) is 0 Å². The summed E-state index contributed by atoms with van der Waals surface area (Å²) in [5.41, 5.74) is 0.937. The number of amides is 1. The van der Waals surface area contributed by atoms with Crippen molar-refractivity contribution in [1.82, 2.24) is 0 Å². The second-order valence-corrected chi connectivity index (χ2v) is 4.57. The summed E-state index contributed by atoms with van der Waals surface area (Å²) in [7, 11) is 1.57. The van der Waals surface area contributed by atoms with Gasteiger partial charge >= 0.3 is 5.69 Å². The predicted octanol–water partition coefficient (Wildman–Crippen LogP) is 3.32. The fourth-order valence-corrected chi connectivity index (χ4v) is 2.03. The molecule has 0 spiro atoms. The maximum Gasteiger partial charge on any atom is 0.305 e. The number of nitrogens with zero attached hydrogens (tertiary/aromatic N) is 2. The summed E-state index contributed by atoms with van der Waals surface area (Å²) in [5, 5.41) is 10.7. The van der Waals surface area contributed by atoms with Crippen LogP contribution < -0.4 is 4.90 Å². The molecule has 2 aromatic carbocycles. The Morgan fingerprint density at radius 2 is 1.90 bits per heavy atom. The number of nitro benzene ring substituents is 1. The highest BCUT2D eigenvalue weighted by Gasteiger charge is 2.20. The molecule has 6 heteroatoms. The largest absolute Gasteiger partial charge is 0.311 e. The molecule has 0 saturated heterocycles. The smallest absolute Gasteiger partial charge is 0.305 e. The lowest BCUT2D eigenvalue weighted by Crippen LogP contribution is -2.27. The molecule has 0 unspecified atom stereocenters. The molecule has 0 aromatic heterocycles. The SMILES string of the molecule is Cc1ccccc1N(C)C(=O)c1ccc(F)c([N+](=O)[O-])c1. The lowest BCUT2D eigenvalue weighted by Gasteiger charge is -2.19. The first-order valence-electron chi connectivity index (χ1n) is 6.19. The number of para-hydroxylation sites is 1. The van der Waals surface area contributed by atoms with E-state index in [0.29, 0.717) is 5.69 Å². The van der Waals surface area contributed by atoms with Crippen LogP contribution in [-0.2, 0) is 0 Å². The van der Waals surface area contributed by atoms with E-state index >= 15 is 0 Å². The first-order valence-corrected chi connectivity index (χ1v) is 6.19. The zero-order chi connectivity index (χ0) is 15.6. The van der Waals surface area contributed by atoms with Gasteiger partial charge in [0.05, 0.1) is 4.92 Å². The zero-order valence-corrected chi connectivity index (χ0v) is 11.5.